The van der Waals surface area contributed by atoms with E-state index in [0.717, 1.165) is 25.0 Å². The zero-order chi connectivity index (χ0) is 15.7. The first-order chi connectivity index (χ1) is 10.5. The highest BCUT2D eigenvalue weighted by atomic mass is 32.1. The maximum absolute atomic E-state index is 12.2. The number of nitro benzene ring substituents is 1. The fraction of sp³-hybridized carbons (Fsp3) is 0.333. The van der Waals surface area contributed by atoms with Gasteiger partial charge in [0, 0.05) is 22.6 Å². The summed E-state index contributed by atoms with van der Waals surface area (Å²) < 4.78 is 0. The number of aryl methyl sites for hydroxylation is 1. The average molecular weight is 317 g/mol. The number of thiazole rings is 1. The molecule has 1 heterocycles. The number of rotatable bonds is 3. The van der Waals surface area contributed by atoms with E-state index in [1.165, 1.54) is 34.4 Å². The molecule has 2 aromatic rings. The summed E-state index contributed by atoms with van der Waals surface area (Å²) in [4.78, 5) is 28.1. The summed E-state index contributed by atoms with van der Waals surface area (Å²) in [5.74, 6) is 0.274. The first kappa shape index (κ1) is 14.6. The van der Waals surface area contributed by atoms with Crippen molar-refractivity contribution < 1.29 is 9.72 Å². The van der Waals surface area contributed by atoms with E-state index in [1.54, 1.807) is 6.07 Å². The summed E-state index contributed by atoms with van der Waals surface area (Å²) in [6.07, 6.45) is 3.06. The molecule has 114 valence electrons. The highest BCUT2D eigenvalue weighted by Crippen LogP contribution is 2.32. The lowest BCUT2D eigenvalue weighted by atomic mass is 9.93. The summed E-state index contributed by atoms with van der Waals surface area (Å²) in [5.41, 5.74) is 1.23. The van der Waals surface area contributed by atoms with Crippen molar-refractivity contribution in [2.75, 3.05) is 5.32 Å². The molecule has 6 nitrogen and oxygen atoms in total. The second-order valence-electron chi connectivity index (χ2n) is 5.50. The van der Waals surface area contributed by atoms with E-state index < -0.39 is 4.92 Å². The van der Waals surface area contributed by atoms with E-state index >= 15 is 0 Å². The van der Waals surface area contributed by atoms with Crippen LogP contribution in [0.25, 0.3) is 0 Å². The van der Waals surface area contributed by atoms with Crippen molar-refractivity contribution in [2.45, 2.75) is 26.2 Å². The van der Waals surface area contributed by atoms with Crippen molar-refractivity contribution in [3.63, 3.8) is 0 Å². The molecule has 1 aliphatic rings. The average Bonchev–Trinajstić information content (AvgIpc) is 2.88. The molecular formula is C15H15N3O3S. The summed E-state index contributed by atoms with van der Waals surface area (Å²) in [7, 11) is 0. The van der Waals surface area contributed by atoms with Gasteiger partial charge in [0.05, 0.1) is 10.6 Å². The molecule has 0 bridgehead atoms. The lowest BCUT2D eigenvalue weighted by Crippen LogP contribution is -2.12. The Kier molecular flexibility index (Phi) is 3.89. The lowest BCUT2D eigenvalue weighted by Gasteiger charge is -2.15. The highest BCUT2D eigenvalue weighted by Gasteiger charge is 2.21. The van der Waals surface area contributed by atoms with Gasteiger partial charge in [-0.05, 0) is 31.2 Å². The largest absolute Gasteiger partial charge is 0.298 e. The van der Waals surface area contributed by atoms with Crippen LogP contribution in [0.15, 0.2) is 24.3 Å². The molecule has 0 saturated heterocycles. The second kappa shape index (κ2) is 5.84. The number of carbonyl (C=O) groups is 1. The van der Waals surface area contributed by atoms with Gasteiger partial charge in [-0.1, -0.05) is 13.0 Å². The van der Waals surface area contributed by atoms with Gasteiger partial charge in [0.2, 0.25) is 0 Å². The van der Waals surface area contributed by atoms with Crippen LogP contribution in [0, 0.1) is 16.0 Å². The molecule has 1 atom stereocenters. The first-order valence-corrected chi connectivity index (χ1v) is 7.89. The van der Waals surface area contributed by atoms with Crippen LogP contribution in [0.1, 0.15) is 34.3 Å². The minimum Gasteiger partial charge on any atom is -0.298 e. The van der Waals surface area contributed by atoms with Gasteiger partial charge in [-0.25, -0.2) is 4.98 Å². The van der Waals surface area contributed by atoms with E-state index in [1.807, 2.05) is 0 Å². The monoisotopic (exact) mass is 317 g/mol. The van der Waals surface area contributed by atoms with Crippen LogP contribution < -0.4 is 5.32 Å². The van der Waals surface area contributed by atoms with Crippen LogP contribution in [0.3, 0.4) is 0 Å². The molecule has 3 rings (SSSR count). The molecular weight excluding hydrogens is 302 g/mol. The van der Waals surface area contributed by atoms with Crippen molar-refractivity contribution in [1.82, 2.24) is 4.98 Å². The lowest BCUT2D eigenvalue weighted by molar-refractivity contribution is -0.384. The van der Waals surface area contributed by atoms with Gasteiger partial charge < -0.3 is 0 Å². The maximum Gasteiger partial charge on any atom is 0.270 e. The molecule has 1 N–H and O–H groups in total. The third-order valence-corrected chi connectivity index (χ3v) is 4.76. The molecule has 0 spiro atoms. The number of hydrogen-bond donors (Lipinski definition) is 1. The Morgan fingerprint density at radius 2 is 2.32 bits per heavy atom. The number of aromatic nitrogens is 1. The molecule has 0 saturated carbocycles. The first-order valence-electron chi connectivity index (χ1n) is 7.07. The van der Waals surface area contributed by atoms with Gasteiger partial charge in [0.15, 0.2) is 5.13 Å². The topological polar surface area (TPSA) is 85.1 Å². The standard InChI is InChI=1S/C15H15N3O3S/c1-9-5-6-12-13(7-9)22-15(16-12)17-14(19)10-3-2-4-11(8-10)18(20)21/h2-4,8-9H,5-7H2,1H3,(H,16,17,19). The molecule has 7 heteroatoms. The Balaban J connectivity index is 1.77. The maximum atomic E-state index is 12.2. The van der Waals surface area contributed by atoms with Gasteiger partial charge in [-0.15, -0.1) is 11.3 Å². The third kappa shape index (κ3) is 2.99. The number of hydrogen-bond acceptors (Lipinski definition) is 5. The van der Waals surface area contributed by atoms with Crippen LogP contribution >= 0.6 is 11.3 Å². The molecule has 0 radical (unpaired) electrons. The predicted molar refractivity (Wildman–Crippen MR) is 84.4 cm³/mol. The summed E-state index contributed by atoms with van der Waals surface area (Å²) in [6.45, 7) is 2.21. The minimum absolute atomic E-state index is 0.0973. The van der Waals surface area contributed by atoms with Crippen LogP contribution in [0.2, 0.25) is 0 Å². The van der Waals surface area contributed by atoms with E-state index in [0.29, 0.717) is 11.0 Å². The zero-order valence-electron chi connectivity index (χ0n) is 12.0. The number of benzene rings is 1. The normalized spacial score (nSPS) is 16.9. The van der Waals surface area contributed by atoms with Crippen molar-refractivity contribution in [2.24, 2.45) is 5.92 Å². The fourth-order valence-corrected chi connectivity index (χ4v) is 3.69. The van der Waals surface area contributed by atoms with Crippen molar-refractivity contribution in [3.05, 3.63) is 50.5 Å². The van der Waals surface area contributed by atoms with Crippen molar-refractivity contribution in [3.8, 4) is 0 Å². The second-order valence-corrected chi connectivity index (χ2v) is 6.58. The molecule has 1 aliphatic carbocycles. The number of fused-ring (bicyclic) bond motifs is 1. The molecule has 22 heavy (non-hydrogen) atoms. The van der Waals surface area contributed by atoms with Gasteiger partial charge in [0.25, 0.3) is 11.6 Å². The number of anilines is 1. The SMILES string of the molecule is CC1CCc2nc(NC(=O)c3cccc([N+](=O)[O-])c3)sc2C1. The Morgan fingerprint density at radius 1 is 1.50 bits per heavy atom. The fourth-order valence-electron chi connectivity index (χ4n) is 2.52. The van der Waals surface area contributed by atoms with E-state index in [2.05, 4.69) is 17.2 Å². The summed E-state index contributed by atoms with van der Waals surface area (Å²) in [5, 5.41) is 14.1. The molecule has 1 aromatic carbocycles. The summed E-state index contributed by atoms with van der Waals surface area (Å²) in [6, 6.07) is 5.69. The van der Waals surface area contributed by atoms with Crippen LogP contribution in [-0.4, -0.2) is 15.8 Å². The molecule has 0 fully saturated rings. The quantitative estimate of drug-likeness (QED) is 0.694. The van der Waals surface area contributed by atoms with Crippen LogP contribution in [-0.2, 0) is 12.8 Å². The summed E-state index contributed by atoms with van der Waals surface area (Å²) >= 11 is 1.50. The number of nitrogens with zero attached hydrogens (tertiary/aromatic N) is 2. The highest BCUT2D eigenvalue weighted by molar-refractivity contribution is 7.15. The number of nitro groups is 1. The van der Waals surface area contributed by atoms with Crippen LogP contribution in [0.5, 0.6) is 0 Å². The molecule has 1 aromatic heterocycles. The predicted octanol–water partition coefficient (Wildman–Crippen LogP) is 3.43. The van der Waals surface area contributed by atoms with Crippen LogP contribution in [0.4, 0.5) is 10.8 Å². The third-order valence-electron chi connectivity index (χ3n) is 3.73. The molecule has 1 amide bonds. The number of non-ortho nitro benzene ring substituents is 1. The Hall–Kier alpha value is -2.28. The van der Waals surface area contributed by atoms with Gasteiger partial charge in [-0.2, -0.15) is 0 Å². The number of carbonyl (C=O) groups excluding carboxylic acids is 1. The van der Waals surface area contributed by atoms with E-state index in [-0.39, 0.29) is 17.2 Å². The van der Waals surface area contributed by atoms with Gasteiger partial charge in [0.1, 0.15) is 0 Å². The number of nitrogens with one attached hydrogen (secondary N) is 1. The Morgan fingerprint density at radius 3 is 3.09 bits per heavy atom. The number of amides is 1. The Labute approximate surface area is 131 Å². The smallest absolute Gasteiger partial charge is 0.270 e. The van der Waals surface area contributed by atoms with Crippen molar-refractivity contribution in [1.29, 1.82) is 0 Å². The van der Waals surface area contributed by atoms with Gasteiger partial charge >= 0.3 is 0 Å². The van der Waals surface area contributed by atoms with Gasteiger partial charge in [-0.3, -0.25) is 20.2 Å². The minimum atomic E-state index is -0.514. The molecule has 0 aliphatic heterocycles. The molecule has 1 unspecified atom stereocenters. The van der Waals surface area contributed by atoms with Crippen molar-refractivity contribution >= 4 is 28.1 Å². The zero-order valence-corrected chi connectivity index (χ0v) is 12.9. The van der Waals surface area contributed by atoms with E-state index in [9.17, 15) is 14.9 Å². The van der Waals surface area contributed by atoms with E-state index in [4.69, 9.17) is 0 Å². The Bertz CT molecular complexity index is 741.